The van der Waals surface area contributed by atoms with E-state index < -0.39 is 4.92 Å². The SMILES string of the molecule is O=[N+]([O-])c1cccc(-c2nsc3ccc(Cl)cc23)c1. The van der Waals surface area contributed by atoms with E-state index in [0.29, 0.717) is 5.02 Å². The van der Waals surface area contributed by atoms with Crippen molar-refractivity contribution in [2.75, 3.05) is 0 Å². The fraction of sp³-hybridized carbons (Fsp3) is 0. The van der Waals surface area contributed by atoms with E-state index in [2.05, 4.69) is 4.37 Å². The molecule has 0 aliphatic carbocycles. The first-order chi connectivity index (χ1) is 9.15. The number of fused-ring (bicyclic) bond motifs is 1. The van der Waals surface area contributed by atoms with E-state index in [4.69, 9.17) is 11.6 Å². The lowest BCUT2D eigenvalue weighted by Gasteiger charge is -1.99. The van der Waals surface area contributed by atoms with Gasteiger partial charge in [0, 0.05) is 28.1 Å². The van der Waals surface area contributed by atoms with E-state index >= 15 is 0 Å². The Balaban J connectivity index is 2.21. The maximum Gasteiger partial charge on any atom is 0.270 e. The summed E-state index contributed by atoms with van der Waals surface area (Å²) >= 11 is 7.34. The van der Waals surface area contributed by atoms with E-state index in [9.17, 15) is 10.1 Å². The third kappa shape index (κ3) is 2.18. The highest BCUT2D eigenvalue weighted by atomic mass is 35.5. The third-order valence-corrected chi connectivity index (χ3v) is 3.82. The lowest BCUT2D eigenvalue weighted by Crippen LogP contribution is -1.88. The summed E-state index contributed by atoms with van der Waals surface area (Å²) in [7, 11) is 0. The van der Waals surface area contributed by atoms with E-state index in [0.717, 1.165) is 21.3 Å². The lowest BCUT2D eigenvalue weighted by molar-refractivity contribution is -0.384. The molecule has 19 heavy (non-hydrogen) atoms. The molecule has 0 fully saturated rings. The largest absolute Gasteiger partial charge is 0.270 e. The molecule has 2 aromatic carbocycles. The number of hydrogen-bond acceptors (Lipinski definition) is 4. The number of aromatic nitrogens is 1. The molecule has 0 spiro atoms. The normalized spacial score (nSPS) is 10.8. The Hall–Kier alpha value is -1.98. The van der Waals surface area contributed by atoms with Crippen molar-refractivity contribution in [2.45, 2.75) is 0 Å². The number of benzene rings is 2. The summed E-state index contributed by atoms with van der Waals surface area (Å²) in [6.07, 6.45) is 0. The number of non-ortho nitro benzene ring substituents is 1. The van der Waals surface area contributed by atoms with Gasteiger partial charge in [-0.05, 0) is 29.7 Å². The predicted molar refractivity (Wildman–Crippen MR) is 76.7 cm³/mol. The van der Waals surface area contributed by atoms with Crippen LogP contribution in [-0.2, 0) is 0 Å². The molecule has 0 saturated carbocycles. The fourth-order valence-corrected chi connectivity index (χ4v) is 2.83. The average molecular weight is 291 g/mol. The molecule has 0 saturated heterocycles. The summed E-state index contributed by atoms with van der Waals surface area (Å²) in [5, 5.41) is 12.3. The van der Waals surface area contributed by atoms with Gasteiger partial charge in [-0.3, -0.25) is 10.1 Å². The van der Waals surface area contributed by atoms with E-state index in [1.54, 1.807) is 12.1 Å². The van der Waals surface area contributed by atoms with Crippen LogP contribution in [0.3, 0.4) is 0 Å². The van der Waals surface area contributed by atoms with Crippen LogP contribution in [-0.4, -0.2) is 9.30 Å². The molecule has 3 rings (SSSR count). The predicted octanol–water partition coefficient (Wildman–Crippen LogP) is 4.52. The minimum Gasteiger partial charge on any atom is -0.258 e. The molecular weight excluding hydrogens is 284 g/mol. The molecule has 0 radical (unpaired) electrons. The second-order valence-corrected chi connectivity index (χ2v) is 5.22. The number of halogens is 1. The molecule has 0 N–H and O–H groups in total. The quantitative estimate of drug-likeness (QED) is 0.515. The standard InChI is InChI=1S/C13H7ClN2O2S/c14-9-4-5-12-11(7-9)13(15-19-12)8-2-1-3-10(6-8)16(17)18/h1-7H. The van der Waals surface area contributed by atoms with Crippen LogP contribution in [0, 0.1) is 10.1 Å². The van der Waals surface area contributed by atoms with Crippen molar-refractivity contribution < 1.29 is 4.92 Å². The van der Waals surface area contributed by atoms with Crippen molar-refractivity contribution in [3.05, 3.63) is 57.6 Å². The number of nitro benzene ring substituents is 1. The monoisotopic (exact) mass is 290 g/mol. The Morgan fingerprint density at radius 2 is 2.05 bits per heavy atom. The molecule has 94 valence electrons. The molecule has 0 amide bonds. The van der Waals surface area contributed by atoms with Crippen molar-refractivity contribution >= 4 is 38.9 Å². The minimum atomic E-state index is -0.412. The van der Waals surface area contributed by atoms with Gasteiger partial charge in [-0.15, -0.1) is 0 Å². The van der Waals surface area contributed by atoms with Crippen LogP contribution in [0.15, 0.2) is 42.5 Å². The molecule has 4 nitrogen and oxygen atoms in total. The van der Waals surface area contributed by atoms with Crippen LogP contribution in [0.5, 0.6) is 0 Å². The maximum absolute atomic E-state index is 10.8. The van der Waals surface area contributed by atoms with Crippen molar-refractivity contribution in [1.29, 1.82) is 0 Å². The molecular formula is C13H7ClN2O2S. The first-order valence-corrected chi connectivity index (χ1v) is 6.60. The van der Waals surface area contributed by atoms with Gasteiger partial charge in [-0.2, -0.15) is 4.37 Å². The molecule has 0 bridgehead atoms. The molecule has 3 aromatic rings. The van der Waals surface area contributed by atoms with Gasteiger partial charge < -0.3 is 0 Å². The van der Waals surface area contributed by atoms with Crippen molar-refractivity contribution in [3.8, 4) is 11.3 Å². The first-order valence-electron chi connectivity index (χ1n) is 5.45. The van der Waals surface area contributed by atoms with Crippen LogP contribution in [0.25, 0.3) is 21.3 Å². The fourth-order valence-electron chi connectivity index (χ4n) is 1.89. The van der Waals surface area contributed by atoms with Crippen LogP contribution >= 0.6 is 23.1 Å². The van der Waals surface area contributed by atoms with E-state index in [1.165, 1.54) is 23.7 Å². The van der Waals surface area contributed by atoms with Gasteiger partial charge in [-0.25, -0.2) is 0 Å². The van der Waals surface area contributed by atoms with Gasteiger partial charge in [0.2, 0.25) is 0 Å². The van der Waals surface area contributed by atoms with Gasteiger partial charge in [-0.1, -0.05) is 23.7 Å². The second-order valence-electron chi connectivity index (χ2n) is 3.98. The van der Waals surface area contributed by atoms with Gasteiger partial charge in [0.25, 0.3) is 5.69 Å². The summed E-state index contributed by atoms with van der Waals surface area (Å²) in [6.45, 7) is 0. The van der Waals surface area contributed by atoms with Crippen LogP contribution in [0.2, 0.25) is 5.02 Å². The zero-order chi connectivity index (χ0) is 13.4. The Bertz CT molecular complexity index is 785. The summed E-state index contributed by atoms with van der Waals surface area (Å²) in [5.41, 5.74) is 1.51. The second kappa shape index (κ2) is 4.60. The highest BCUT2D eigenvalue weighted by Gasteiger charge is 2.12. The molecule has 0 unspecified atom stereocenters. The maximum atomic E-state index is 10.8. The zero-order valence-corrected chi connectivity index (χ0v) is 11.1. The molecule has 1 aromatic heterocycles. The van der Waals surface area contributed by atoms with Crippen molar-refractivity contribution in [1.82, 2.24) is 4.37 Å². The van der Waals surface area contributed by atoms with Gasteiger partial charge in [0.1, 0.15) is 0 Å². The zero-order valence-electron chi connectivity index (χ0n) is 9.54. The molecule has 0 aliphatic rings. The molecule has 0 atom stereocenters. The Morgan fingerprint density at radius 1 is 1.21 bits per heavy atom. The number of hydrogen-bond donors (Lipinski definition) is 0. The molecule has 6 heteroatoms. The first kappa shape index (κ1) is 12.1. The number of nitro groups is 1. The van der Waals surface area contributed by atoms with Gasteiger partial charge in [0.15, 0.2) is 0 Å². The summed E-state index contributed by atoms with van der Waals surface area (Å²) in [4.78, 5) is 10.4. The Morgan fingerprint density at radius 3 is 2.84 bits per heavy atom. The molecule has 1 heterocycles. The van der Waals surface area contributed by atoms with E-state index in [-0.39, 0.29) is 5.69 Å². The average Bonchev–Trinajstić information content (AvgIpc) is 2.81. The number of rotatable bonds is 2. The van der Waals surface area contributed by atoms with Crippen molar-refractivity contribution in [3.63, 3.8) is 0 Å². The number of nitrogens with zero attached hydrogens (tertiary/aromatic N) is 2. The van der Waals surface area contributed by atoms with Gasteiger partial charge in [0.05, 0.1) is 15.3 Å². The van der Waals surface area contributed by atoms with Crippen LogP contribution < -0.4 is 0 Å². The third-order valence-electron chi connectivity index (χ3n) is 2.76. The lowest BCUT2D eigenvalue weighted by atomic mass is 10.1. The highest BCUT2D eigenvalue weighted by Crippen LogP contribution is 2.33. The summed E-state index contributed by atoms with van der Waals surface area (Å²) in [5.74, 6) is 0. The van der Waals surface area contributed by atoms with Gasteiger partial charge >= 0.3 is 0 Å². The summed E-state index contributed by atoms with van der Waals surface area (Å²) < 4.78 is 5.37. The Labute approximate surface area is 117 Å². The van der Waals surface area contributed by atoms with Crippen LogP contribution in [0.1, 0.15) is 0 Å². The minimum absolute atomic E-state index is 0.0562. The van der Waals surface area contributed by atoms with Crippen molar-refractivity contribution in [2.24, 2.45) is 0 Å². The van der Waals surface area contributed by atoms with E-state index in [1.807, 2.05) is 18.2 Å². The van der Waals surface area contributed by atoms with Crippen LogP contribution in [0.4, 0.5) is 5.69 Å². The smallest absolute Gasteiger partial charge is 0.258 e. The topological polar surface area (TPSA) is 56.0 Å². The Kier molecular flexibility index (Phi) is 2.93. The summed E-state index contributed by atoms with van der Waals surface area (Å²) in [6, 6.07) is 12.0. The molecule has 0 aliphatic heterocycles. The highest BCUT2D eigenvalue weighted by molar-refractivity contribution is 7.13.